The summed E-state index contributed by atoms with van der Waals surface area (Å²) in [7, 11) is 2.00. The molecule has 4 heterocycles. The van der Waals surface area contributed by atoms with Crippen LogP contribution in [-0.2, 0) is 26.2 Å². The first-order chi connectivity index (χ1) is 15.3. The van der Waals surface area contributed by atoms with Crippen LogP contribution in [0, 0.1) is 0 Å². The highest BCUT2D eigenvalue weighted by Crippen LogP contribution is 2.31. The van der Waals surface area contributed by atoms with Gasteiger partial charge in [-0.05, 0) is 66.4 Å². The molecule has 33 heavy (non-hydrogen) atoms. The average Bonchev–Trinajstić information content (AvgIpc) is 2.93. The smallest absolute Gasteiger partial charge is 0.332 e. The molecule has 0 spiro atoms. The molecule has 1 aliphatic heterocycles. The van der Waals surface area contributed by atoms with Gasteiger partial charge in [-0.15, -0.1) is 12.4 Å². The summed E-state index contributed by atoms with van der Waals surface area (Å²) in [6, 6.07) is 11.7. The molecule has 172 valence electrons. The van der Waals surface area contributed by atoms with Gasteiger partial charge in [0.2, 0.25) is 0 Å². The molecule has 0 saturated heterocycles. The fourth-order valence-electron chi connectivity index (χ4n) is 4.36. The summed E-state index contributed by atoms with van der Waals surface area (Å²) in [5.41, 5.74) is 3.43. The molecule has 0 unspecified atom stereocenters. The molecule has 1 aliphatic rings. The minimum absolute atomic E-state index is 0. The second-order valence-electron chi connectivity index (χ2n) is 8.00. The molecule has 1 N–H and O–H groups in total. The molecule has 0 saturated carbocycles. The van der Waals surface area contributed by atoms with Gasteiger partial charge in [-0.3, -0.25) is 9.36 Å². The van der Waals surface area contributed by atoms with Crippen molar-refractivity contribution < 1.29 is 13.2 Å². The van der Waals surface area contributed by atoms with Crippen molar-refractivity contribution >= 4 is 23.4 Å². The van der Waals surface area contributed by atoms with Gasteiger partial charge in [0.25, 0.3) is 5.56 Å². The molecule has 4 aromatic rings. The van der Waals surface area contributed by atoms with E-state index < -0.39 is 11.7 Å². The van der Waals surface area contributed by atoms with Gasteiger partial charge in [-0.2, -0.15) is 13.2 Å². The first kappa shape index (κ1) is 23.1. The number of hydrogen-bond acceptors (Lipinski definition) is 3. The van der Waals surface area contributed by atoms with E-state index in [1.165, 1.54) is 34.0 Å². The lowest BCUT2D eigenvalue weighted by Crippen LogP contribution is -2.18. The van der Waals surface area contributed by atoms with Crippen molar-refractivity contribution in [2.45, 2.75) is 25.6 Å². The fourth-order valence-corrected chi connectivity index (χ4v) is 4.36. The van der Waals surface area contributed by atoms with Crippen molar-refractivity contribution in [3.05, 3.63) is 81.9 Å². The lowest BCUT2D eigenvalue weighted by molar-refractivity contribution is -0.137. The Bertz CT molecular complexity index is 1370. The van der Waals surface area contributed by atoms with Gasteiger partial charge in [-0.1, -0.05) is 12.1 Å². The van der Waals surface area contributed by atoms with Gasteiger partial charge in [0.15, 0.2) is 0 Å². The molecule has 3 aromatic heterocycles. The summed E-state index contributed by atoms with van der Waals surface area (Å²) in [5.74, 6) is 0.505. The highest BCUT2D eigenvalue weighted by molar-refractivity contribution is 5.85. The number of aromatic nitrogens is 3. The zero-order valence-electron chi connectivity index (χ0n) is 17.8. The van der Waals surface area contributed by atoms with Crippen LogP contribution in [0.2, 0.25) is 0 Å². The van der Waals surface area contributed by atoms with E-state index in [0.29, 0.717) is 16.9 Å². The van der Waals surface area contributed by atoms with E-state index in [-0.39, 0.29) is 18.0 Å². The predicted octanol–water partition coefficient (Wildman–Crippen LogP) is 4.87. The van der Waals surface area contributed by atoms with Crippen LogP contribution >= 0.6 is 12.4 Å². The van der Waals surface area contributed by atoms with Gasteiger partial charge in [0.05, 0.1) is 5.56 Å². The Labute approximate surface area is 194 Å². The van der Waals surface area contributed by atoms with E-state index in [9.17, 15) is 18.0 Å². The molecular weight excluding hydrogens is 453 g/mol. The first-order valence-electron chi connectivity index (χ1n) is 10.4. The maximum Gasteiger partial charge on any atom is 0.416 e. The van der Waals surface area contributed by atoms with Crippen molar-refractivity contribution in [2.24, 2.45) is 7.05 Å². The SMILES string of the molecule is Cl.Cn1c2c(c3ccc(-n4ccc(-c5ccc(C(F)(F)F)cc5)cc4=O)nc31)CNCCC2. The summed E-state index contributed by atoms with van der Waals surface area (Å²) in [6.07, 6.45) is -0.738. The third-order valence-electron chi connectivity index (χ3n) is 6.04. The van der Waals surface area contributed by atoms with Crippen LogP contribution in [0.5, 0.6) is 0 Å². The zero-order valence-corrected chi connectivity index (χ0v) is 18.6. The highest BCUT2D eigenvalue weighted by atomic mass is 35.5. The topological polar surface area (TPSA) is 51.9 Å². The molecule has 0 bridgehead atoms. The molecule has 1 aromatic carbocycles. The third kappa shape index (κ3) is 4.16. The minimum Gasteiger partial charge on any atom is -0.332 e. The van der Waals surface area contributed by atoms with Crippen molar-refractivity contribution in [1.29, 1.82) is 0 Å². The Balaban J connectivity index is 0.00000259. The minimum atomic E-state index is -4.39. The van der Waals surface area contributed by atoms with E-state index in [2.05, 4.69) is 9.88 Å². The van der Waals surface area contributed by atoms with Crippen LogP contribution in [0.25, 0.3) is 28.0 Å². The summed E-state index contributed by atoms with van der Waals surface area (Å²) in [5, 5.41) is 4.52. The van der Waals surface area contributed by atoms with Crippen molar-refractivity contribution in [1.82, 2.24) is 19.4 Å². The van der Waals surface area contributed by atoms with Gasteiger partial charge in [0, 0.05) is 36.9 Å². The van der Waals surface area contributed by atoms with E-state index in [4.69, 9.17) is 4.98 Å². The monoisotopic (exact) mass is 474 g/mol. The number of fused-ring (bicyclic) bond motifs is 3. The Hall–Kier alpha value is -3.10. The number of nitrogens with one attached hydrogen (secondary N) is 1. The lowest BCUT2D eigenvalue weighted by atomic mass is 10.0. The molecular formula is C24H22ClF3N4O. The van der Waals surface area contributed by atoms with Crippen molar-refractivity contribution in [2.75, 3.05) is 6.54 Å². The number of hydrogen-bond donors (Lipinski definition) is 1. The molecule has 5 rings (SSSR count). The Kier molecular flexibility index (Phi) is 6.07. The molecule has 0 aliphatic carbocycles. The zero-order chi connectivity index (χ0) is 22.5. The quantitative estimate of drug-likeness (QED) is 0.451. The molecule has 0 amide bonds. The molecule has 9 heteroatoms. The number of aryl methyl sites for hydroxylation is 1. The molecule has 0 atom stereocenters. The number of alkyl halides is 3. The van der Waals surface area contributed by atoms with E-state index in [0.717, 1.165) is 49.1 Å². The van der Waals surface area contributed by atoms with Crippen molar-refractivity contribution in [3.63, 3.8) is 0 Å². The van der Waals surface area contributed by atoms with Gasteiger partial charge in [0.1, 0.15) is 11.5 Å². The number of rotatable bonds is 2. The number of benzene rings is 1. The lowest BCUT2D eigenvalue weighted by Gasteiger charge is -2.10. The summed E-state index contributed by atoms with van der Waals surface area (Å²) in [6.45, 7) is 1.79. The van der Waals surface area contributed by atoms with Crippen LogP contribution in [0.15, 0.2) is 59.5 Å². The average molecular weight is 475 g/mol. The molecule has 0 fully saturated rings. The van der Waals surface area contributed by atoms with Gasteiger partial charge < -0.3 is 9.88 Å². The Morgan fingerprint density at radius 3 is 2.48 bits per heavy atom. The summed E-state index contributed by atoms with van der Waals surface area (Å²) < 4.78 is 41.9. The Morgan fingerprint density at radius 2 is 1.79 bits per heavy atom. The Morgan fingerprint density at radius 1 is 1.03 bits per heavy atom. The van der Waals surface area contributed by atoms with Gasteiger partial charge >= 0.3 is 6.18 Å². The maximum atomic E-state index is 12.8. The second-order valence-corrected chi connectivity index (χ2v) is 8.00. The standard InChI is InChI=1S/C24H21F3N4O.ClH/c1-30-20-3-2-11-28-14-19(20)18-8-9-21(29-23(18)30)31-12-10-16(13-22(31)32)15-4-6-17(7-5-15)24(25,26)27;/h4-10,12-13,28H,2-3,11,14H2,1H3;1H. The summed E-state index contributed by atoms with van der Waals surface area (Å²) in [4.78, 5) is 17.6. The van der Waals surface area contributed by atoms with Crippen LogP contribution in [0.1, 0.15) is 23.2 Å². The van der Waals surface area contributed by atoms with Crippen LogP contribution in [0.3, 0.4) is 0 Å². The van der Waals surface area contributed by atoms with Crippen LogP contribution < -0.4 is 10.9 Å². The second kappa shape index (κ2) is 8.68. The number of pyridine rings is 2. The van der Waals surface area contributed by atoms with Crippen molar-refractivity contribution in [3.8, 4) is 16.9 Å². The molecule has 0 radical (unpaired) electrons. The number of nitrogens with zero attached hydrogens (tertiary/aromatic N) is 3. The first-order valence-corrected chi connectivity index (χ1v) is 10.4. The van der Waals surface area contributed by atoms with E-state index >= 15 is 0 Å². The maximum absolute atomic E-state index is 12.8. The third-order valence-corrected chi connectivity index (χ3v) is 6.04. The fraction of sp³-hybridized carbons (Fsp3) is 0.250. The number of halogens is 4. The normalized spacial score (nSPS) is 13.9. The molecule has 5 nitrogen and oxygen atoms in total. The van der Waals surface area contributed by atoms with Crippen LogP contribution in [-0.4, -0.2) is 20.7 Å². The predicted molar refractivity (Wildman–Crippen MR) is 124 cm³/mol. The van der Waals surface area contributed by atoms with E-state index in [1.54, 1.807) is 12.3 Å². The van der Waals surface area contributed by atoms with Gasteiger partial charge in [-0.25, -0.2) is 4.98 Å². The van der Waals surface area contributed by atoms with E-state index in [1.807, 2.05) is 19.2 Å². The largest absolute Gasteiger partial charge is 0.416 e. The highest BCUT2D eigenvalue weighted by Gasteiger charge is 2.30. The summed E-state index contributed by atoms with van der Waals surface area (Å²) >= 11 is 0. The van der Waals surface area contributed by atoms with Crippen LogP contribution in [0.4, 0.5) is 13.2 Å².